The second-order valence-corrected chi connectivity index (χ2v) is 6.36. The van der Waals surface area contributed by atoms with Crippen molar-refractivity contribution >= 4 is 18.0 Å². The number of piperidine rings is 1. The van der Waals surface area contributed by atoms with Gasteiger partial charge in [-0.15, -0.1) is 0 Å². The van der Waals surface area contributed by atoms with Crippen molar-refractivity contribution in [2.75, 3.05) is 33.4 Å². The third-order valence-electron chi connectivity index (χ3n) is 4.37. The Bertz CT molecular complexity index is 730. The molecule has 0 N–H and O–H groups in total. The fourth-order valence-electron chi connectivity index (χ4n) is 2.71. The highest BCUT2D eigenvalue weighted by molar-refractivity contribution is 5.89. The van der Waals surface area contributed by atoms with E-state index in [9.17, 15) is 9.59 Å². The summed E-state index contributed by atoms with van der Waals surface area (Å²) in [6.45, 7) is 3.27. The molecule has 1 fully saturated rings. The highest BCUT2D eigenvalue weighted by Gasteiger charge is 2.20. The summed E-state index contributed by atoms with van der Waals surface area (Å²) in [6, 6.07) is 6.94. The van der Waals surface area contributed by atoms with Crippen molar-refractivity contribution in [2.24, 2.45) is 5.92 Å². The van der Waals surface area contributed by atoms with E-state index in [2.05, 4.69) is 6.92 Å². The Morgan fingerprint density at radius 2 is 2.04 bits per heavy atom. The monoisotopic (exact) mass is 372 g/mol. The van der Waals surface area contributed by atoms with E-state index >= 15 is 0 Å². The van der Waals surface area contributed by atoms with Crippen molar-refractivity contribution in [3.63, 3.8) is 0 Å². The number of carbonyl (C=O) groups excluding carboxylic acids is 2. The summed E-state index contributed by atoms with van der Waals surface area (Å²) in [4.78, 5) is 25.6. The van der Waals surface area contributed by atoms with Crippen LogP contribution in [-0.2, 0) is 14.3 Å². The standard InChI is InChI=1S/C20H24N2O5/c1-15-7-10-22(11-8-15)19(23)14-27-20(24)6-4-16-3-5-17(26-12-9-21)18(13-16)25-2/h3-6,13,15H,7-8,10-12,14H2,1-2H3. The van der Waals surface area contributed by atoms with Crippen LogP contribution in [0.3, 0.4) is 0 Å². The van der Waals surface area contributed by atoms with Crippen LogP contribution >= 0.6 is 0 Å². The molecule has 0 saturated carbocycles. The predicted molar refractivity (Wildman–Crippen MR) is 99.1 cm³/mol. The van der Waals surface area contributed by atoms with Gasteiger partial charge in [0, 0.05) is 19.2 Å². The maximum atomic E-state index is 12.1. The fourth-order valence-corrected chi connectivity index (χ4v) is 2.71. The van der Waals surface area contributed by atoms with E-state index < -0.39 is 5.97 Å². The summed E-state index contributed by atoms with van der Waals surface area (Å²) in [6.07, 6.45) is 4.78. The molecule has 1 aromatic rings. The lowest BCUT2D eigenvalue weighted by Gasteiger charge is -2.30. The van der Waals surface area contributed by atoms with E-state index in [0.717, 1.165) is 12.8 Å². The Kier molecular flexibility index (Phi) is 7.68. The molecule has 0 radical (unpaired) electrons. The second kappa shape index (κ2) is 10.2. The van der Waals surface area contributed by atoms with Crippen LogP contribution in [0, 0.1) is 17.2 Å². The van der Waals surface area contributed by atoms with Crippen molar-refractivity contribution in [3.05, 3.63) is 29.8 Å². The number of nitrogens with zero attached hydrogens (tertiary/aromatic N) is 2. The lowest BCUT2D eigenvalue weighted by atomic mass is 9.99. The van der Waals surface area contributed by atoms with E-state index in [1.165, 1.54) is 13.2 Å². The van der Waals surface area contributed by atoms with Crippen LogP contribution in [-0.4, -0.2) is 50.2 Å². The molecule has 1 heterocycles. The first-order chi connectivity index (χ1) is 13.0. The number of methoxy groups -OCH3 is 1. The SMILES string of the molecule is COc1cc(C=CC(=O)OCC(=O)N2CCC(C)CC2)ccc1OCC#N. The van der Waals surface area contributed by atoms with Gasteiger partial charge in [-0.1, -0.05) is 13.0 Å². The molecule has 0 spiro atoms. The zero-order valence-corrected chi connectivity index (χ0v) is 15.6. The number of hydrogen-bond donors (Lipinski definition) is 0. The molecule has 0 atom stereocenters. The highest BCUT2D eigenvalue weighted by Crippen LogP contribution is 2.28. The maximum absolute atomic E-state index is 12.1. The van der Waals surface area contributed by atoms with Gasteiger partial charge in [-0.3, -0.25) is 4.79 Å². The number of rotatable bonds is 7. The number of amides is 1. The minimum atomic E-state index is -0.586. The second-order valence-electron chi connectivity index (χ2n) is 6.36. The van der Waals surface area contributed by atoms with Crippen LogP contribution in [0.15, 0.2) is 24.3 Å². The summed E-state index contributed by atoms with van der Waals surface area (Å²) in [5.74, 6) is 0.783. The van der Waals surface area contributed by atoms with Gasteiger partial charge in [-0.05, 0) is 42.5 Å². The third kappa shape index (κ3) is 6.33. The first kappa shape index (κ1) is 20.3. The highest BCUT2D eigenvalue weighted by atomic mass is 16.5. The number of nitriles is 1. The molecule has 0 bridgehead atoms. The first-order valence-electron chi connectivity index (χ1n) is 8.84. The molecular weight excluding hydrogens is 348 g/mol. The molecule has 27 heavy (non-hydrogen) atoms. The molecule has 1 aliphatic rings. The molecule has 0 aliphatic carbocycles. The zero-order valence-electron chi connectivity index (χ0n) is 15.6. The Hall–Kier alpha value is -3.01. The molecule has 1 aromatic carbocycles. The third-order valence-corrected chi connectivity index (χ3v) is 4.37. The Balaban J connectivity index is 1.85. The molecule has 0 unspecified atom stereocenters. The summed E-state index contributed by atoms with van der Waals surface area (Å²) in [5.41, 5.74) is 0.699. The predicted octanol–water partition coefficient (Wildman–Crippen LogP) is 2.41. The van der Waals surface area contributed by atoms with Gasteiger partial charge in [0.25, 0.3) is 5.91 Å². The van der Waals surface area contributed by atoms with Gasteiger partial charge in [0.1, 0.15) is 6.07 Å². The largest absolute Gasteiger partial charge is 0.493 e. The fraction of sp³-hybridized carbons (Fsp3) is 0.450. The van der Waals surface area contributed by atoms with Crippen molar-refractivity contribution in [1.82, 2.24) is 4.90 Å². The van der Waals surface area contributed by atoms with Crippen molar-refractivity contribution in [1.29, 1.82) is 5.26 Å². The maximum Gasteiger partial charge on any atom is 0.331 e. The average molecular weight is 372 g/mol. The Labute approximate surface area is 159 Å². The van der Waals surface area contributed by atoms with Gasteiger partial charge in [0.2, 0.25) is 0 Å². The summed E-state index contributed by atoms with van der Waals surface area (Å²) in [7, 11) is 1.49. The molecule has 7 nitrogen and oxygen atoms in total. The van der Waals surface area contributed by atoms with Crippen molar-refractivity contribution in [2.45, 2.75) is 19.8 Å². The van der Waals surface area contributed by atoms with Gasteiger partial charge in [-0.2, -0.15) is 5.26 Å². The zero-order chi connectivity index (χ0) is 19.6. The molecule has 1 amide bonds. The quantitative estimate of drug-likeness (QED) is 0.539. The molecule has 0 aromatic heterocycles. The molecule has 2 rings (SSSR count). The normalized spacial score (nSPS) is 14.6. The van der Waals surface area contributed by atoms with Gasteiger partial charge in [0.15, 0.2) is 24.7 Å². The van der Waals surface area contributed by atoms with Crippen molar-refractivity contribution in [3.8, 4) is 17.6 Å². The van der Waals surface area contributed by atoms with E-state index in [-0.39, 0.29) is 19.1 Å². The van der Waals surface area contributed by atoms with Crippen LogP contribution in [0.1, 0.15) is 25.3 Å². The molecule has 1 saturated heterocycles. The number of likely N-dealkylation sites (tertiary alicyclic amines) is 1. The molecule has 144 valence electrons. The van der Waals surface area contributed by atoms with Gasteiger partial charge >= 0.3 is 5.97 Å². The summed E-state index contributed by atoms with van der Waals surface area (Å²) >= 11 is 0. The summed E-state index contributed by atoms with van der Waals surface area (Å²) in [5, 5.41) is 8.57. The first-order valence-corrected chi connectivity index (χ1v) is 8.84. The van der Waals surface area contributed by atoms with E-state index in [4.69, 9.17) is 19.5 Å². The van der Waals surface area contributed by atoms with Gasteiger partial charge in [-0.25, -0.2) is 4.79 Å². The van der Waals surface area contributed by atoms with Gasteiger partial charge in [0.05, 0.1) is 7.11 Å². The van der Waals surface area contributed by atoms with Gasteiger partial charge < -0.3 is 19.1 Å². The number of benzene rings is 1. The Morgan fingerprint density at radius 3 is 2.70 bits per heavy atom. The lowest BCUT2D eigenvalue weighted by molar-refractivity contribution is -0.148. The van der Waals surface area contributed by atoms with E-state index in [1.807, 2.05) is 6.07 Å². The van der Waals surface area contributed by atoms with E-state index in [1.54, 1.807) is 29.2 Å². The van der Waals surface area contributed by atoms with Crippen LogP contribution in [0.4, 0.5) is 0 Å². The molecular formula is C20H24N2O5. The van der Waals surface area contributed by atoms with Crippen LogP contribution < -0.4 is 9.47 Å². The molecule has 7 heteroatoms. The Morgan fingerprint density at radius 1 is 1.30 bits per heavy atom. The number of ether oxygens (including phenoxy) is 3. The number of carbonyl (C=O) groups is 2. The topological polar surface area (TPSA) is 88.9 Å². The minimum Gasteiger partial charge on any atom is -0.493 e. The van der Waals surface area contributed by atoms with Crippen molar-refractivity contribution < 1.29 is 23.8 Å². The number of hydrogen-bond acceptors (Lipinski definition) is 6. The lowest BCUT2D eigenvalue weighted by Crippen LogP contribution is -2.40. The number of esters is 1. The van der Waals surface area contributed by atoms with Crippen LogP contribution in [0.2, 0.25) is 0 Å². The smallest absolute Gasteiger partial charge is 0.331 e. The summed E-state index contributed by atoms with van der Waals surface area (Å²) < 4.78 is 15.5. The van der Waals surface area contributed by atoms with Crippen LogP contribution in [0.25, 0.3) is 6.08 Å². The average Bonchev–Trinajstić information content (AvgIpc) is 2.69. The van der Waals surface area contributed by atoms with E-state index in [0.29, 0.717) is 36.1 Å². The minimum absolute atomic E-state index is 0.0815. The molecule has 1 aliphatic heterocycles. The van der Waals surface area contributed by atoms with Crippen LogP contribution in [0.5, 0.6) is 11.5 Å².